The summed E-state index contributed by atoms with van der Waals surface area (Å²) in [6, 6.07) is 7.89. The molecule has 1 aromatic carbocycles. The van der Waals surface area contributed by atoms with Crippen LogP contribution in [-0.2, 0) is 0 Å². The summed E-state index contributed by atoms with van der Waals surface area (Å²) >= 11 is 0. The van der Waals surface area contributed by atoms with Crippen molar-refractivity contribution in [2.24, 2.45) is 0 Å². The molecular formula is C10H11O. The molecule has 1 fully saturated rings. The number of hydrogen-bond donors (Lipinski definition) is 0. The van der Waals surface area contributed by atoms with Crippen LogP contribution >= 0.6 is 0 Å². The van der Waals surface area contributed by atoms with Crippen LogP contribution in [0.2, 0.25) is 0 Å². The molecule has 0 heterocycles. The first kappa shape index (κ1) is 6.71. The number of rotatable bonds is 2. The standard InChI is InChI=1S/C10H11O/c1-8-2-4-9(5-3-8)11-10-6-7-10/h2-5,10H,1,6-7H2. The zero-order valence-electron chi connectivity index (χ0n) is 6.42. The molecule has 1 nitrogen and oxygen atoms in total. The lowest BCUT2D eigenvalue weighted by atomic mass is 10.2. The average molecular weight is 147 g/mol. The summed E-state index contributed by atoms with van der Waals surface area (Å²) in [5, 5.41) is 0. The summed E-state index contributed by atoms with van der Waals surface area (Å²) in [7, 11) is 0. The zero-order valence-corrected chi connectivity index (χ0v) is 6.42. The van der Waals surface area contributed by atoms with E-state index in [0.717, 1.165) is 11.3 Å². The second-order valence-electron chi connectivity index (χ2n) is 2.96. The second-order valence-corrected chi connectivity index (χ2v) is 2.96. The van der Waals surface area contributed by atoms with Gasteiger partial charge >= 0.3 is 0 Å². The van der Waals surface area contributed by atoms with Gasteiger partial charge in [-0.15, -0.1) is 0 Å². The van der Waals surface area contributed by atoms with Crippen LogP contribution < -0.4 is 4.74 Å². The topological polar surface area (TPSA) is 9.23 Å². The maximum atomic E-state index is 5.55. The van der Waals surface area contributed by atoms with Gasteiger partial charge in [-0.25, -0.2) is 0 Å². The highest BCUT2D eigenvalue weighted by molar-refractivity contribution is 5.28. The Morgan fingerprint density at radius 1 is 1.18 bits per heavy atom. The highest BCUT2D eigenvalue weighted by Gasteiger charge is 2.23. The van der Waals surface area contributed by atoms with Crippen LogP contribution in [-0.4, -0.2) is 6.10 Å². The van der Waals surface area contributed by atoms with Crippen molar-refractivity contribution in [1.29, 1.82) is 0 Å². The van der Waals surface area contributed by atoms with Gasteiger partial charge in [-0.05, 0) is 37.5 Å². The van der Waals surface area contributed by atoms with E-state index in [-0.39, 0.29) is 0 Å². The van der Waals surface area contributed by atoms with Crippen molar-refractivity contribution in [2.75, 3.05) is 0 Å². The van der Waals surface area contributed by atoms with Gasteiger partial charge in [-0.2, -0.15) is 0 Å². The lowest BCUT2D eigenvalue weighted by Gasteiger charge is -2.02. The van der Waals surface area contributed by atoms with Crippen LogP contribution in [0.15, 0.2) is 24.3 Å². The summed E-state index contributed by atoms with van der Waals surface area (Å²) < 4.78 is 5.55. The Morgan fingerprint density at radius 3 is 2.36 bits per heavy atom. The summed E-state index contributed by atoms with van der Waals surface area (Å²) in [5.41, 5.74) is 1.04. The Morgan fingerprint density at radius 2 is 1.82 bits per heavy atom. The smallest absolute Gasteiger partial charge is 0.119 e. The molecule has 0 atom stereocenters. The Labute approximate surface area is 67.0 Å². The molecule has 0 unspecified atom stereocenters. The summed E-state index contributed by atoms with van der Waals surface area (Å²) in [6.45, 7) is 3.80. The van der Waals surface area contributed by atoms with E-state index in [9.17, 15) is 0 Å². The van der Waals surface area contributed by atoms with Gasteiger partial charge in [0, 0.05) is 0 Å². The third-order valence-electron chi connectivity index (χ3n) is 1.75. The Hall–Kier alpha value is -0.980. The first-order valence-electron chi connectivity index (χ1n) is 3.93. The average Bonchev–Trinajstić information content (AvgIpc) is 2.78. The molecule has 57 valence electrons. The molecule has 1 radical (unpaired) electrons. The third-order valence-corrected chi connectivity index (χ3v) is 1.75. The minimum absolute atomic E-state index is 0.491. The molecule has 0 bridgehead atoms. The predicted molar refractivity (Wildman–Crippen MR) is 44.6 cm³/mol. The van der Waals surface area contributed by atoms with Crippen LogP contribution in [0.1, 0.15) is 18.4 Å². The van der Waals surface area contributed by atoms with E-state index >= 15 is 0 Å². The summed E-state index contributed by atoms with van der Waals surface area (Å²) in [5.74, 6) is 0.972. The quantitative estimate of drug-likeness (QED) is 0.624. The molecule has 2 rings (SSSR count). The van der Waals surface area contributed by atoms with E-state index in [4.69, 9.17) is 4.74 Å². The van der Waals surface area contributed by atoms with Crippen molar-refractivity contribution in [3.05, 3.63) is 36.8 Å². The van der Waals surface area contributed by atoms with E-state index in [0.29, 0.717) is 6.10 Å². The third kappa shape index (κ3) is 1.73. The Kier molecular flexibility index (Phi) is 1.57. The van der Waals surface area contributed by atoms with E-state index in [1.165, 1.54) is 12.8 Å². The van der Waals surface area contributed by atoms with Crippen LogP contribution in [0.5, 0.6) is 5.75 Å². The number of benzene rings is 1. The molecule has 0 N–H and O–H groups in total. The lowest BCUT2D eigenvalue weighted by Crippen LogP contribution is -1.94. The normalized spacial score (nSPS) is 16.5. The Bertz CT molecular complexity index is 234. The van der Waals surface area contributed by atoms with Crippen LogP contribution in [0.25, 0.3) is 0 Å². The molecule has 1 aliphatic carbocycles. The molecule has 0 saturated heterocycles. The SMILES string of the molecule is [CH2]c1ccc(OC2CC2)cc1. The van der Waals surface area contributed by atoms with E-state index < -0.39 is 0 Å². The fourth-order valence-electron chi connectivity index (χ4n) is 0.946. The largest absolute Gasteiger partial charge is 0.490 e. The van der Waals surface area contributed by atoms with Crippen molar-refractivity contribution in [3.8, 4) is 5.75 Å². The first-order valence-corrected chi connectivity index (χ1v) is 3.93. The van der Waals surface area contributed by atoms with E-state index in [1.807, 2.05) is 24.3 Å². The predicted octanol–water partition coefficient (Wildman–Crippen LogP) is 2.41. The van der Waals surface area contributed by atoms with Gasteiger partial charge in [-0.1, -0.05) is 12.1 Å². The highest BCUT2D eigenvalue weighted by Crippen LogP contribution is 2.26. The molecule has 0 amide bonds. The molecule has 1 aliphatic rings. The minimum Gasteiger partial charge on any atom is -0.490 e. The molecular weight excluding hydrogens is 136 g/mol. The van der Waals surface area contributed by atoms with Gasteiger partial charge in [0.2, 0.25) is 0 Å². The number of hydrogen-bond acceptors (Lipinski definition) is 1. The van der Waals surface area contributed by atoms with Gasteiger partial charge in [0.25, 0.3) is 0 Å². The van der Waals surface area contributed by atoms with Gasteiger partial charge in [0.1, 0.15) is 5.75 Å². The number of ether oxygens (including phenoxy) is 1. The van der Waals surface area contributed by atoms with Crippen molar-refractivity contribution < 1.29 is 4.74 Å². The van der Waals surface area contributed by atoms with Crippen LogP contribution in [0, 0.1) is 6.92 Å². The molecule has 0 spiro atoms. The fourth-order valence-corrected chi connectivity index (χ4v) is 0.946. The fraction of sp³-hybridized carbons (Fsp3) is 0.300. The first-order chi connectivity index (χ1) is 5.34. The Balaban J connectivity index is 2.06. The van der Waals surface area contributed by atoms with Crippen LogP contribution in [0.3, 0.4) is 0 Å². The van der Waals surface area contributed by atoms with Crippen molar-refractivity contribution in [2.45, 2.75) is 18.9 Å². The van der Waals surface area contributed by atoms with Gasteiger partial charge < -0.3 is 4.74 Å². The molecule has 0 aliphatic heterocycles. The monoisotopic (exact) mass is 147 g/mol. The van der Waals surface area contributed by atoms with Gasteiger partial charge in [0.05, 0.1) is 6.10 Å². The van der Waals surface area contributed by atoms with Gasteiger partial charge in [0.15, 0.2) is 0 Å². The molecule has 1 heteroatoms. The second kappa shape index (κ2) is 2.57. The lowest BCUT2D eigenvalue weighted by molar-refractivity contribution is 0.303. The molecule has 1 aromatic rings. The maximum absolute atomic E-state index is 5.55. The molecule has 1 saturated carbocycles. The zero-order chi connectivity index (χ0) is 7.68. The van der Waals surface area contributed by atoms with E-state index in [1.54, 1.807) is 0 Å². The van der Waals surface area contributed by atoms with Crippen LogP contribution in [0.4, 0.5) is 0 Å². The van der Waals surface area contributed by atoms with E-state index in [2.05, 4.69) is 6.92 Å². The van der Waals surface area contributed by atoms with Crippen molar-refractivity contribution >= 4 is 0 Å². The van der Waals surface area contributed by atoms with Gasteiger partial charge in [-0.3, -0.25) is 0 Å². The summed E-state index contributed by atoms with van der Waals surface area (Å²) in [6.07, 6.45) is 2.92. The van der Waals surface area contributed by atoms with Crippen molar-refractivity contribution in [3.63, 3.8) is 0 Å². The molecule has 0 aromatic heterocycles. The summed E-state index contributed by atoms with van der Waals surface area (Å²) in [4.78, 5) is 0. The van der Waals surface area contributed by atoms with Crippen molar-refractivity contribution in [1.82, 2.24) is 0 Å². The highest BCUT2D eigenvalue weighted by atomic mass is 16.5. The maximum Gasteiger partial charge on any atom is 0.119 e. The minimum atomic E-state index is 0.491. The molecule has 11 heavy (non-hydrogen) atoms.